The first-order chi connectivity index (χ1) is 12.5. The summed E-state index contributed by atoms with van der Waals surface area (Å²) in [5.41, 5.74) is 2.41. The summed E-state index contributed by atoms with van der Waals surface area (Å²) in [6, 6.07) is 13.1. The number of fused-ring (bicyclic) bond motifs is 1. The molecule has 0 unspecified atom stereocenters. The molecule has 0 aliphatic heterocycles. The number of alkyl carbamates (subject to hydrolysis) is 1. The van der Waals surface area contributed by atoms with Gasteiger partial charge in [0.1, 0.15) is 6.61 Å². The van der Waals surface area contributed by atoms with Crippen LogP contribution in [0, 0.1) is 0 Å². The van der Waals surface area contributed by atoms with Gasteiger partial charge in [0.15, 0.2) is 0 Å². The number of aliphatic carboxylic acids is 1. The zero-order valence-corrected chi connectivity index (χ0v) is 17.5. The number of H-pyrrole nitrogens is 1. The average molecular weight is 395 g/mol. The number of carbonyl (C=O) groups excluding carboxylic acids is 2. The molecule has 1 aromatic heterocycles. The summed E-state index contributed by atoms with van der Waals surface area (Å²) in [7, 11) is 0. The van der Waals surface area contributed by atoms with Crippen molar-refractivity contribution < 1.29 is 49.0 Å². The molecule has 1 atom stereocenters. The molecule has 0 radical (unpaired) electrons. The molecule has 3 rings (SSSR count). The van der Waals surface area contributed by atoms with Gasteiger partial charge in [-0.3, -0.25) is 0 Å². The standard InChI is InChI=1S/C19H17ClN2O4.Na/c20-14-7-5-12(6-8-14)11-26-19(25)22-17(18(23)24)9-13-10-21-16-4-2-1-3-15(13)16;/h1-8,10,17,21H,9,11H2,(H,22,25)(H,23,24);/q;+1/p-1/t17-;/m0./s1. The van der Waals surface area contributed by atoms with Crippen molar-refractivity contribution in [1.82, 2.24) is 10.3 Å². The molecule has 0 fully saturated rings. The van der Waals surface area contributed by atoms with E-state index in [-0.39, 0.29) is 42.6 Å². The molecule has 0 saturated carbocycles. The summed E-state index contributed by atoms with van der Waals surface area (Å²) in [6.45, 7) is 0.00978. The number of benzene rings is 2. The Balaban J connectivity index is 0.00000261. The van der Waals surface area contributed by atoms with Crippen LogP contribution in [0.25, 0.3) is 10.9 Å². The first-order valence-corrected chi connectivity index (χ1v) is 8.34. The van der Waals surface area contributed by atoms with Gasteiger partial charge in [-0.15, -0.1) is 0 Å². The third-order valence-electron chi connectivity index (χ3n) is 3.96. The average Bonchev–Trinajstić information content (AvgIpc) is 3.04. The molecule has 134 valence electrons. The molecule has 1 heterocycles. The van der Waals surface area contributed by atoms with Crippen LogP contribution in [0.5, 0.6) is 0 Å². The number of ether oxygens (including phenoxy) is 1. The van der Waals surface area contributed by atoms with E-state index in [0.717, 1.165) is 22.0 Å². The number of amides is 1. The molecule has 3 aromatic rings. The summed E-state index contributed by atoms with van der Waals surface area (Å²) in [5.74, 6) is -1.38. The van der Waals surface area contributed by atoms with Gasteiger partial charge in [-0.25, -0.2) is 4.79 Å². The van der Waals surface area contributed by atoms with Gasteiger partial charge in [0.2, 0.25) is 0 Å². The first kappa shape index (κ1) is 21.3. The topological polar surface area (TPSA) is 94.2 Å². The van der Waals surface area contributed by atoms with Gasteiger partial charge in [0.25, 0.3) is 0 Å². The first-order valence-electron chi connectivity index (χ1n) is 7.96. The predicted octanol–water partition coefficient (Wildman–Crippen LogP) is -0.587. The van der Waals surface area contributed by atoms with Gasteiger partial charge in [-0.2, -0.15) is 0 Å². The van der Waals surface area contributed by atoms with E-state index in [0.29, 0.717) is 5.02 Å². The van der Waals surface area contributed by atoms with E-state index in [1.165, 1.54) is 0 Å². The fourth-order valence-corrected chi connectivity index (χ4v) is 2.75. The Morgan fingerprint density at radius 3 is 2.56 bits per heavy atom. The van der Waals surface area contributed by atoms with Crippen molar-refractivity contribution in [2.45, 2.75) is 19.1 Å². The van der Waals surface area contributed by atoms with E-state index in [9.17, 15) is 14.7 Å². The number of hydrogen-bond acceptors (Lipinski definition) is 4. The summed E-state index contributed by atoms with van der Waals surface area (Å²) in [6.07, 6.45) is 0.984. The Morgan fingerprint density at radius 2 is 1.85 bits per heavy atom. The van der Waals surface area contributed by atoms with Gasteiger partial charge in [-0.1, -0.05) is 41.9 Å². The Labute approximate surface area is 183 Å². The third-order valence-corrected chi connectivity index (χ3v) is 4.21. The Hall–Kier alpha value is -1.99. The van der Waals surface area contributed by atoms with Crippen LogP contribution in [0.1, 0.15) is 11.1 Å². The zero-order valence-electron chi connectivity index (χ0n) is 14.7. The maximum absolute atomic E-state index is 11.9. The van der Waals surface area contributed by atoms with E-state index in [4.69, 9.17) is 16.3 Å². The van der Waals surface area contributed by atoms with Crippen molar-refractivity contribution >= 4 is 34.6 Å². The molecule has 6 nitrogen and oxygen atoms in total. The molecule has 1 amide bonds. The quantitative estimate of drug-likeness (QED) is 0.547. The van der Waals surface area contributed by atoms with Crippen LogP contribution in [0.4, 0.5) is 4.79 Å². The molecule has 0 saturated heterocycles. The SMILES string of the molecule is O=C(N[C@@H](Cc1c[nH]c2ccccc12)C(=O)[O-])OCc1ccc(Cl)cc1.[Na+]. The number of para-hydroxylation sites is 1. The van der Waals surface area contributed by atoms with E-state index < -0.39 is 18.1 Å². The number of hydrogen-bond donors (Lipinski definition) is 2. The Bertz CT molecular complexity index is 927. The van der Waals surface area contributed by atoms with Gasteiger partial charge >= 0.3 is 35.7 Å². The summed E-state index contributed by atoms with van der Waals surface area (Å²) in [5, 5.41) is 15.2. The van der Waals surface area contributed by atoms with Crippen molar-refractivity contribution in [2.75, 3.05) is 0 Å². The Morgan fingerprint density at radius 1 is 1.15 bits per heavy atom. The summed E-state index contributed by atoms with van der Waals surface area (Å²) >= 11 is 5.79. The van der Waals surface area contributed by atoms with Gasteiger partial charge in [-0.05, 0) is 29.3 Å². The van der Waals surface area contributed by atoms with E-state index in [1.807, 2.05) is 24.3 Å². The van der Waals surface area contributed by atoms with Crippen LogP contribution in [-0.2, 0) is 22.6 Å². The number of aromatic amines is 1. The molecule has 0 bridgehead atoms. The smallest absolute Gasteiger partial charge is 0.548 e. The molecule has 0 spiro atoms. The van der Waals surface area contributed by atoms with E-state index in [1.54, 1.807) is 30.5 Å². The van der Waals surface area contributed by atoms with Crippen LogP contribution < -0.4 is 40.0 Å². The molecule has 27 heavy (non-hydrogen) atoms. The monoisotopic (exact) mass is 394 g/mol. The van der Waals surface area contributed by atoms with Gasteiger partial charge in [0.05, 0.1) is 12.0 Å². The number of carbonyl (C=O) groups is 2. The predicted molar refractivity (Wildman–Crippen MR) is 95.6 cm³/mol. The molecular weight excluding hydrogens is 379 g/mol. The van der Waals surface area contributed by atoms with Crippen LogP contribution in [0.3, 0.4) is 0 Å². The minimum Gasteiger partial charge on any atom is -0.548 e. The maximum Gasteiger partial charge on any atom is 1.00 e. The van der Waals surface area contributed by atoms with Crippen molar-refractivity contribution in [2.24, 2.45) is 0 Å². The van der Waals surface area contributed by atoms with Crippen LogP contribution in [0.2, 0.25) is 5.02 Å². The molecule has 2 aromatic carbocycles. The summed E-state index contributed by atoms with van der Waals surface area (Å²) < 4.78 is 5.06. The number of rotatable bonds is 6. The van der Waals surface area contributed by atoms with Gasteiger partial charge < -0.3 is 24.9 Å². The van der Waals surface area contributed by atoms with Crippen LogP contribution in [-0.4, -0.2) is 23.1 Å². The summed E-state index contributed by atoms with van der Waals surface area (Å²) in [4.78, 5) is 26.4. The van der Waals surface area contributed by atoms with Crippen LogP contribution in [0.15, 0.2) is 54.7 Å². The largest absolute Gasteiger partial charge is 1.00 e. The van der Waals surface area contributed by atoms with Gasteiger partial charge in [0, 0.05) is 28.5 Å². The molecule has 0 aliphatic rings. The molecule has 0 aliphatic carbocycles. The minimum atomic E-state index is -1.38. The molecular formula is C19H16ClN2NaO4. The number of aromatic nitrogens is 1. The number of halogens is 1. The molecule has 2 N–H and O–H groups in total. The van der Waals surface area contributed by atoms with E-state index >= 15 is 0 Å². The number of carboxylic acid groups (broad SMARTS) is 1. The Kier molecular flexibility index (Phi) is 7.74. The second-order valence-corrected chi connectivity index (χ2v) is 6.22. The normalized spacial score (nSPS) is 11.4. The molecule has 8 heteroatoms. The third kappa shape index (κ3) is 5.74. The zero-order chi connectivity index (χ0) is 18.5. The van der Waals surface area contributed by atoms with Crippen molar-refractivity contribution in [3.8, 4) is 0 Å². The number of nitrogens with one attached hydrogen (secondary N) is 2. The van der Waals surface area contributed by atoms with Crippen LogP contribution >= 0.6 is 11.6 Å². The van der Waals surface area contributed by atoms with Crippen molar-refractivity contribution in [3.05, 3.63) is 70.9 Å². The fraction of sp³-hybridized carbons (Fsp3) is 0.158. The van der Waals surface area contributed by atoms with Crippen molar-refractivity contribution in [1.29, 1.82) is 0 Å². The second kappa shape index (κ2) is 9.80. The van der Waals surface area contributed by atoms with E-state index in [2.05, 4.69) is 10.3 Å². The second-order valence-electron chi connectivity index (χ2n) is 5.78. The maximum atomic E-state index is 11.9. The fourth-order valence-electron chi connectivity index (χ4n) is 2.63. The minimum absolute atomic E-state index is 0. The number of carboxylic acids is 1. The van der Waals surface area contributed by atoms with Crippen molar-refractivity contribution in [3.63, 3.8) is 0 Å².